The van der Waals surface area contributed by atoms with Gasteiger partial charge in [-0.05, 0) is 63.1 Å². The van der Waals surface area contributed by atoms with E-state index < -0.39 is 0 Å². The van der Waals surface area contributed by atoms with Crippen molar-refractivity contribution >= 4 is 23.4 Å². The monoisotopic (exact) mass is 437 g/mol. The summed E-state index contributed by atoms with van der Waals surface area (Å²) < 4.78 is 13.7. The summed E-state index contributed by atoms with van der Waals surface area (Å²) in [5, 5.41) is 3.81. The molecule has 0 aliphatic carbocycles. The zero-order valence-corrected chi connectivity index (χ0v) is 18.7. The van der Waals surface area contributed by atoms with Crippen molar-refractivity contribution < 1.29 is 14.3 Å². The smallest absolute Gasteiger partial charge is 0.234 e. The van der Waals surface area contributed by atoms with Crippen LogP contribution in [0, 0.1) is 13.8 Å². The number of aromatic nitrogens is 2. The Morgan fingerprint density at radius 3 is 2.61 bits per heavy atom. The Hall–Kier alpha value is -2.77. The molecule has 1 saturated heterocycles. The lowest BCUT2D eigenvalue weighted by atomic mass is 10.2. The highest BCUT2D eigenvalue weighted by molar-refractivity contribution is 7.99. The molecule has 0 bridgehead atoms. The first-order valence-corrected chi connectivity index (χ1v) is 11.5. The van der Waals surface area contributed by atoms with Crippen LogP contribution in [0.15, 0.2) is 59.8 Å². The highest BCUT2D eigenvalue weighted by atomic mass is 32.2. The predicted molar refractivity (Wildman–Crippen MR) is 123 cm³/mol. The first-order valence-electron chi connectivity index (χ1n) is 10.5. The highest BCUT2D eigenvalue weighted by Gasteiger charge is 2.20. The normalized spacial score (nSPS) is 15.7. The molecule has 1 aromatic heterocycles. The van der Waals surface area contributed by atoms with Crippen molar-refractivity contribution in [3.05, 3.63) is 66.0 Å². The molecule has 1 fully saturated rings. The van der Waals surface area contributed by atoms with E-state index in [1.54, 1.807) is 0 Å². The van der Waals surface area contributed by atoms with Gasteiger partial charge in [0.1, 0.15) is 11.5 Å². The Labute approximate surface area is 187 Å². The maximum atomic E-state index is 12.5. The van der Waals surface area contributed by atoms with Gasteiger partial charge in [-0.1, -0.05) is 30.0 Å². The molecule has 4 rings (SSSR count). The summed E-state index contributed by atoms with van der Waals surface area (Å²) >= 11 is 1.46. The van der Waals surface area contributed by atoms with Gasteiger partial charge in [-0.2, -0.15) is 0 Å². The van der Waals surface area contributed by atoms with E-state index in [1.165, 1.54) is 11.8 Å². The van der Waals surface area contributed by atoms with Crippen LogP contribution in [0.5, 0.6) is 11.5 Å². The summed E-state index contributed by atoms with van der Waals surface area (Å²) in [5.41, 5.74) is 2.86. The number of anilines is 1. The Kier molecular flexibility index (Phi) is 6.94. The van der Waals surface area contributed by atoms with Crippen LogP contribution in [0.4, 0.5) is 5.69 Å². The first kappa shape index (κ1) is 21.5. The fourth-order valence-electron chi connectivity index (χ4n) is 3.50. The quantitative estimate of drug-likeness (QED) is 0.491. The van der Waals surface area contributed by atoms with Gasteiger partial charge in [-0.25, -0.2) is 4.98 Å². The number of hydrogen-bond donors (Lipinski definition) is 1. The van der Waals surface area contributed by atoms with Crippen LogP contribution in [0.3, 0.4) is 0 Å². The molecule has 0 radical (unpaired) electrons. The molecule has 1 N–H and O–H groups in total. The van der Waals surface area contributed by atoms with Gasteiger partial charge >= 0.3 is 0 Å². The second-order valence-electron chi connectivity index (χ2n) is 7.59. The summed E-state index contributed by atoms with van der Waals surface area (Å²) in [6.07, 6.45) is 2.42. The largest absolute Gasteiger partial charge is 0.457 e. The minimum absolute atomic E-state index is 0.0660. The van der Waals surface area contributed by atoms with Crippen LogP contribution in [0.1, 0.15) is 24.2 Å². The van der Waals surface area contributed by atoms with Gasteiger partial charge in [-0.15, -0.1) is 0 Å². The molecule has 1 amide bonds. The molecule has 2 heterocycles. The number of hydrogen-bond acceptors (Lipinski definition) is 5. The van der Waals surface area contributed by atoms with Crippen molar-refractivity contribution in [1.82, 2.24) is 9.55 Å². The number of imidazole rings is 1. The van der Waals surface area contributed by atoms with Crippen LogP contribution in [-0.4, -0.2) is 33.9 Å². The SMILES string of the molecule is Cc1nc(SCC(=O)Nc2ccc(Oc3ccccc3)cc2)n(C[C@@H]2CCCO2)c1C. The number of thioether (sulfide) groups is 1. The number of amides is 1. The van der Waals surface area contributed by atoms with Gasteiger partial charge in [0.15, 0.2) is 5.16 Å². The molecule has 162 valence electrons. The van der Waals surface area contributed by atoms with E-state index in [2.05, 4.69) is 21.8 Å². The van der Waals surface area contributed by atoms with Gasteiger partial charge in [0, 0.05) is 18.0 Å². The minimum Gasteiger partial charge on any atom is -0.457 e. The second kappa shape index (κ2) is 10.0. The molecule has 1 aliphatic heterocycles. The second-order valence-corrected chi connectivity index (χ2v) is 8.53. The van der Waals surface area contributed by atoms with Crippen molar-refractivity contribution in [2.75, 3.05) is 17.7 Å². The van der Waals surface area contributed by atoms with Gasteiger partial charge in [0.2, 0.25) is 5.91 Å². The van der Waals surface area contributed by atoms with E-state index in [4.69, 9.17) is 9.47 Å². The van der Waals surface area contributed by atoms with E-state index in [0.717, 1.165) is 59.7 Å². The number of nitrogens with one attached hydrogen (secondary N) is 1. The molecular formula is C24H27N3O3S. The van der Waals surface area contributed by atoms with E-state index in [9.17, 15) is 4.79 Å². The fraction of sp³-hybridized carbons (Fsp3) is 0.333. The average Bonchev–Trinajstić information content (AvgIpc) is 3.38. The molecule has 0 spiro atoms. The number of carbonyl (C=O) groups excluding carboxylic acids is 1. The molecule has 0 unspecified atom stereocenters. The van der Waals surface area contributed by atoms with E-state index >= 15 is 0 Å². The Morgan fingerprint density at radius 1 is 1.16 bits per heavy atom. The number of benzene rings is 2. The van der Waals surface area contributed by atoms with E-state index in [-0.39, 0.29) is 12.0 Å². The average molecular weight is 438 g/mol. The topological polar surface area (TPSA) is 65.4 Å². The summed E-state index contributed by atoms with van der Waals surface area (Å²) in [6, 6.07) is 17.0. The number of carbonyl (C=O) groups is 1. The third-order valence-corrected chi connectivity index (χ3v) is 6.26. The van der Waals surface area contributed by atoms with Crippen molar-refractivity contribution in [3.63, 3.8) is 0 Å². The lowest BCUT2D eigenvalue weighted by molar-refractivity contribution is -0.113. The van der Waals surface area contributed by atoms with Gasteiger partial charge in [-0.3, -0.25) is 4.79 Å². The van der Waals surface area contributed by atoms with E-state index in [0.29, 0.717) is 5.75 Å². The predicted octanol–water partition coefficient (Wildman–Crippen LogP) is 5.20. The minimum atomic E-state index is -0.0660. The third-order valence-electron chi connectivity index (χ3n) is 5.28. The summed E-state index contributed by atoms with van der Waals surface area (Å²) in [5.74, 6) is 1.73. The molecular weight excluding hydrogens is 410 g/mol. The fourth-order valence-corrected chi connectivity index (χ4v) is 4.40. The number of para-hydroxylation sites is 1. The highest BCUT2D eigenvalue weighted by Crippen LogP contribution is 2.25. The van der Waals surface area contributed by atoms with Gasteiger partial charge in [0.25, 0.3) is 0 Å². The zero-order valence-electron chi connectivity index (χ0n) is 17.8. The molecule has 2 aromatic carbocycles. The maximum Gasteiger partial charge on any atom is 0.234 e. The molecule has 1 aliphatic rings. The zero-order chi connectivity index (χ0) is 21.6. The van der Waals surface area contributed by atoms with Crippen molar-refractivity contribution in [2.24, 2.45) is 0 Å². The van der Waals surface area contributed by atoms with Crippen LogP contribution in [0.25, 0.3) is 0 Å². The Balaban J connectivity index is 1.31. The van der Waals surface area contributed by atoms with Crippen LogP contribution < -0.4 is 10.1 Å². The van der Waals surface area contributed by atoms with Crippen LogP contribution in [0.2, 0.25) is 0 Å². The number of ether oxygens (including phenoxy) is 2. The van der Waals surface area contributed by atoms with Crippen molar-refractivity contribution in [2.45, 2.75) is 44.5 Å². The van der Waals surface area contributed by atoms with Gasteiger partial charge in [0.05, 0.1) is 24.1 Å². The summed E-state index contributed by atoms with van der Waals surface area (Å²) in [7, 11) is 0. The van der Waals surface area contributed by atoms with Crippen molar-refractivity contribution in [3.8, 4) is 11.5 Å². The Morgan fingerprint density at radius 2 is 1.90 bits per heavy atom. The summed E-state index contributed by atoms with van der Waals surface area (Å²) in [6.45, 7) is 5.70. The van der Waals surface area contributed by atoms with Gasteiger partial charge < -0.3 is 19.4 Å². The van der Waals surface area contributed by atoms with Crippen LogP contribution >= 0.6 is 11.8 Å². The van der Waals surface area contributed by atoms with E-state index in [1.807, 2.05) is 61.5 Å². The lowest BCUT2D eigenvalue weighted by Crippen LogP contribution is -2.18. The standard InChI is InChI=1S/C24H27N3O3S/c1-17-18(2)27(15-22-9-6-14-29-22)24(25-17)31-16-23(28)26-19-10-12-21(13-11-19)30-20-7-4-3-5-8-20/h3-5,7-8,10-13,22H,6,9,14-16H2,1-2H3,(H,26,28)/t22-/m0/s1. The molecule has 31 heavy (non-hydrogen) atoms. The molecule has 6 nitrogen and oxygen atoms in total. The maximum absolute atomic E-state index is 12.5. The molecule has 0 saturated carbocycles. The molecule has 7 heteroatoms. The Bertz CT molecular complexity index is 1010. The first-order chi connectivity index (χ1) is 15.1. The number of aryl methyl sites for hydroxylation is 1. The lowest BCUT2D eigenvalue weighted by Gasteiger charge is -2.14. The molecule has 3 aromatic rings. The summed E-state index contributed by atoms with van der Waals surface area (Å²) in [4.78, 5) is 17.1. The third kappa shape index (κ3) is 5.68. The molecule has 1 atom stereocenters. The van der Waals surface area contributed by atoms with Crippen molar-refractivity contribution in [1.29, 1.82) is 0 Å². The van der Waals surface area contributed by atoms with Crippen LogP contribution in [-0.2, 0) is 16.1 Å². The number of nitrogens with zero attached hydrogens (tertiary/aromatic N) is 2. The number of rotatable bonds is 8.